The number of nitrogens with zero attached hydrogens (tertiary/aromatic N) is 3. The molecular formula is C14H10N4O. The van der Waals surface area contributed by atoms with Crippen LogP contribution in [0, 0.1) is 0 Å². The lowest BCUT2D eigenvalue weighted by Crippen LogP contribution is -2.25. The number of pyridine rings is 2. The molecule has 0 fully saturated rings. The maximum atomic E-state index is 11.8. The van der Waals surface area contributed by atoms with Crippen LogP contribution in [0.5, 0.6) is 0 Å². The van der Waals surface area contributed by atoms with Gasteiger partial charge >= 0.3 is 0 Å². The van der Waals surface area contributed by atoms with E-state index < -0.39 is 0 Å². The number of aliphatic imine (C=N–C) groups is 1. The zero-order valence-corrected chi connectivity index (χ0v) is 9.95. The van der Waals surface area contributed by atoms with Crippen molar-refractivity contribution >= 4 is 17.8 Å². The molecule has 0 spiro atoms. The first-order chi connectivity index (χ1) is 9.33. The highest BCUT2D eigenvalue weighted by atomic mass is 16.2. The van der Waals surface area contributed by atoms with E-state index in [0.717, 1.165) is 0 Å². The molecule has 1 aliphatic heterocycles. The van der Waals surface area contributed by atoms with Crippen LogP contribution in [-0.4, -0.2) is 21.7 Å². The van der Waals surface area contributed by atoms with Gasteiger partial charge in [0.1, 0.15) is 11.4 Å². The summed E-state index contributed by atoms with van der Waals surface area (Å²) in [5.41, 5.74) is 1.67. The lowest BCUT2D eigenvalue weighted by atomic mass is 10.3. The molecule has 3 heterocycles. The maximum Gasteiger partial charge on any atom is 0.275 e. The molecule has 92 valence electrons. The van der Waals surface area contributed by atoms with Crippen molar-refractivity contribution in [3.05, 3.63) is 65.9 Å². The predicted octanol–water partition coefficient (Wildman–Crippen LogP) is 1.39. The third-order valence-corrected chi connectivity index (χ3v) is 2.58. The summed E-state index contributed by atoms with van der Waals surface area (Å²) in [4.78, 5) is 24.3. The van der Waals surface area contributed by atoms with Crippen LogP contribution >= 0.6 is 0 Å². The van der Waals surface area contributed by atoms with Crippen LogP contribution in [0.4, 0.5) is 0 Å². The minimum atomic E-state index is -0.244. The Labute approximate surface area is 109 Å². The van der Waals surface area contributed by atoms with Crippen LogP contribution in [0.15, 0.2) is 59.5 Å². The van der Waals surface area contributed by atoms with E-state index in [0.29, 0.717) is 22.9 Å². The largest absolute Gasteiger partial charge is 0.303 e. The fraction of sp³-hybridized carbons (Fsp3) is 0. The summed E-state index contributed by atoms with van der Waals surface area (Å²) in [6.45, 7) is 0. The summed E-state index contributed by atoms with van der Waals surface area (Å²) in [5, 5.41) is 2.69. The van der Waals surface area contributed by atoms with Crippen molar-refractivity contribution in [1.29, 1.82) is 0 Å². The third kappa shape index (κ3) is 2.40. The molecule has 5 heteroatoms. The predicted molar refractivity (Wildman–Crippen MR) is 71.1 cm³/mol. The van der Waals surface area contributed by atoms with Gasteiger partial charge in [-0.1, -0.05) is 12.1 Å². The van der Waals surface area contributed by atoms with Gasteiger partial charge < -0.3 is 5.32 Å². The Morgan fingerprint density at radius 1 is 1.00 bits per heavy atom. The van der Waals surface area contributed by atoms with Crippen LogP contribution in [0.3, 0.4) is 0 Å². The number of aromatic nitrogens is 2. The summed E-state index contributed by atoms with van der Waals surface area (Å²) in [7, 11) is 0. The van der Waals surface area contributed by atoms with Crippen LogP contribution in [0.25, 0.3) is 6.08 Å². The molecule has 1 N–H and O–H groups in total. The molecule has 2 aromatic heterocycles. The number of hydrogen-bond donors (Lipinski definition) is 1. The van der Waals surface area contributed by atoms with Gasteiger partial charge in [-0.05, 0) is 30.3 Å². The van der Waals surface area contributed by atoms with E-state index in [9.17, 15) is 4.79 Å². The maximum absolute atomic E-state index is 11.8. The second-order valence-corrected chi connectivity index (χ2v) is 3.91. The van der Waals surface area contributed by atoms with E-state index in [1.54, 1.807) is 24.5 Å². The normalized spacial score (nSPS) is 16.3. The summed E-state index contributed by atoms with van der Waals surface area (Å²) in [5.74, 6) is 0.221. The van der Waals surface area contributed by atoms with Crippen molar-refractivity contribution < 1.29 is 4.79 Å². The Bertz CT molecular complexity index is 662. The van der Waals surface area contributed by atoms with Crippen LogP contribution < -0.4 is 5.32 Å². The second-order valence-electron chi connectivity index (χ2n) is 3.91. The Hall–Kier alpha value is -2.82. The molecule has 5 nitrogen and oxygen atoms in total. The van der Waals surface area contributed by atoms with Gasteiger partial charge in [0.05, 0.1) is 5.69 Å². The van der Waals surface area contributed by atoms with Crippen molar-refractivity contribution in [1.82, 2.24) is 15.3 Å². The lowest BCUT2D eigenvalue weighted by Gasteiger charge is -1.97. The molecule has 1 aliphatic rings. The highest BCUT2D eigenvalue weighted by Gasteiger charge is 2.21. The van der Waals surface area contributed by atoms with E-state index in [-0.39, 0.29) is 5.91 Å². The zero-order valence-electron chi connectivity index (χ0n) is 9.95. The van der Waals surface area contributed by atoms with Gasteiger partial charge in [-0.2, -0.15) is 0 Å². The number of nitrogens with one attached hydrogen (secondary N) is 1. The highest BCUT2D eigenvalue weighted by Crippen LogP contribution is 2.12. The SMILES string of the molecule is O=C1NC(c2ccccn2)=N/C1=C/c1ccccn1. The van der Waals surface area contributed by atoms with Crippen molar-refractivity contribution in [2.45, 2.75) is 0 Å². The molecular weight excluding hydrogens is 240 g/mol. The molecule has 2 aromatic rings. The third-order valence-electron chi connectivity index (χ3n) is 2.58. The smallest absolute Gasteiger partial charge is 0.275 e. The van der Waals surface area contributed by atoms with Gasteiger partial charge in [-0.15, -0.1) is 0 Å². The number of carbonyl (C=O) groups excluding carboxylic acids is 1. The van der Waals surface area contributed by atoms with Gasteiger partial charge in [0.2, 0.25) is 0 Å². The molecule has 0 radical (unpaired) electrons. The first kappa shape index (κ1) is 11.3. The van der Waals surface area contributed by atoms with Crippen LogP contribution in [-0.2, 0) is 4.79 Å². The van der Waals surface area contributed by atoms with Gasteiger partial charge in [0.15, 0.2) is 5.84 Å². The van der Waals surface area contributed by atoms with E-state index in [2.05, 4.69) is 20.3 Å². The minimum Gasteiger partial charge on any atom is -0.303 e. The first-order valence-electron chi connectivity index (χ1n) is 5.77. The summed E-state index contributed by atoms with van der Waals surface area (Å²) in [6, 6.07) is 10.9. The van der Waals surface area contributed by atoms with Gasteiger partial charge in [-0.3, -0.25) is 14.8 Å². The number of hydrogen-bond acceptors (Lipinski definition) is 4. The average Bonchev–Trinajstić information content (AvgIpc) is 2.82. The standard InChI is InChI=1S/C14H10N4O/c19-14-12(9-10-5-1-3-7-15-10)17-13(18-14)11-6-2-4-8-16-11/h1-9H,(H,17,18,19)/b12-9+. The fourth-order valence-electron chi connectivity index (χ4n) is 1.69. The summed E-state index contributed by atoms with van der Waals surface area (Å²) < 4.78 is 0. The first-order valence-corrected chi connectivity index (χ1v) is 5.77. The Kier molecular flexibility index (Phi) is 2.86. The molecule has 3 rings (SSSR count). The van der Waals surface area contributed by atoms with Crippen LogP contribution in [0.1, 0.15) is 11.4 Å². The molecule has 19 heavy (non-hydrogen) atoms. The Morgan fingerprint density at radius 2 is 1.79 bits per heavy atom. The van der Waals surface area contributed by atoms with E-state index in [1.165, 1.54) is 0 Å². The van der Waals surface area contributed by atoms with Crippen LogP contribution in [0.2, 0.25) is 0 Å². The van der Waals surface area contributed by atoms with E-state index >= 15 is 0 Å². The zero-order chi connectivity index (χ0) is 13.1. The molecule has 0 saturated carbocycles. The molecule has 0 atom stereocenters. The van der Waals surface area contributed by atoms with Crippen molar-refractivity contribution in [2.75, 3.05) is 0 Å². The minimum absolute atomic E-state index is 0.244. The Balaban J connectivity index is 1.94. The van der Waals surface area contributed by atoms with Crippen molar-refractivity contribution in [2.24, 2.45) is 4.99 Å². The number of amides is 1. The van der Waals surface area contributed by atoms with Gasteiger partial charge in [0, 0.05) is 12.4 Å². The summed E-state index contributed by atoms with van der Waals surface area (Å²) in [6.07, 6.45) is 4.97. The molecule has 0 saturated heterocycles. The molecule has 0 aliphatic carbocycles. The number of amidine groups is 1. The average molecular weight is 250 g/mol. The quantitative estimate of drug-likeness (QED) is 0.819. The lowest BCUT2D eigenvalue weighted by molar-refractivity contribution is -0.115. The van der Waals surface area contributed by atoms with Crippen molar-refractivity contribution in [3.8, 4) is 0 Å². The van der Waals surface area contributed by atoms with E-state index in [4.69, 9.17) is 0 Å². The Morgan fingerprint density at radius 3 is 2.47 bits per heavy atom. The molecule has 1 amide bonds. The molecule has 0 bridgehead atoms. The molecule has 0 unspecified atom stereocenters. The van der Waals surface area contributed by atoms with Gasteiger partial charge in [0.25, 0.3) is 5.91 Å². The molecule has 0 aromatic carbocycles. The van der Waals surface area contributed by atoms with E-state index in [1.807, 2.05) is 30.3 Å². The summed E-state index contributed by atoms with van der Waals surface area (Å²) >= 11 is 0. The monoisotopic (exact) mass is 250 g/mol. The topological polar surface area (TPSA) is 67.2 Å². The van der Waals surface area contributed by atoms with Gasteiger partial charge in [-0.25, -0.2) is 4.99 Å². The highest BCUT2D eigenvalue weighted by molar-refractivity contribution is 6.19. The van der Waals surface area contributed by atoms with Crippen molar-refractivity contribution in [3.63, 3.8) is 0 Å². The second kappa shape index (κ2) is 4.81. The number of rotatable bonds is 2. The fourth-order valence-corrected chi connectivity index (χ4v) is 1.69. The number of carbonyl (C=O) groups is 1.